The molecule has 0 aliphatic carbocycles. The highest BCUT2D eigenvalue weighted by Gasteiger charge is 2.42. The van der Waals surface area contributed by atoms with E-state index in [1.54, 1.807) is 0 Å². The van der Waals surface area contributed by atoms with Gasteiger partial charge in [-0.1, -0.05) is 127 Å². The highest BCUT2D eigenvalue weighted by Crippen LogP contribution is 2.33. The zero-order valence-corrected chi connectivity index (χ0v) is 31.7. The van der Waals surface area contributed by atoms with Crippen LogP contribution in [0.15, 0.2) is 188 Å². The minimum absolute atomic E-state index is 0.380. The summed E-state index contributed by atoms with van der Waals surface area (Å²) in [6, 6.07) is 71.7. The van der Waals surface area contributed by atoms with Gasteiger partial charge in [-0.2, -0.15) is 10.5 Å². The summed E-state index contributed by atoms with van der Waals surface area (Å²) in [5, 5.41) is 29.8. The minimum Gasteiger partial charge on any atom is -0.309 e. The number of aromatic nitrogens is 2. The zero-order chi connectivity index (χ0) is 37.8. The van der Waals surface area contributed by atoms with Crippen molar-refractivity contribution in [3.8, 4) is 23.5 Å². The maximum atomic E-state index is 10.3. The molecule has 0 aliphatic heterocycles. The second-order valence-electron chi connectivity index (χ2n) is 14.4. The molecule has 10 rings (SSSR count). The summed E-state index contributed by atoms with van der Waals surface area (Å²) in [6.45, 7) is 2.14. The van der Waals surface area contributed by atoms with Gasteiger partial charge in [-0.3, -0.25) is 0 Å². The molecule has 0 saturated carbocycles. The topological polar surface area (TPSA) is 57.4 Å². The van der Waals surface area contributed by atoms with Gasteiger partial charge in [0.2, 0.25) is 0 Å². The summed E-state index contributed by atoms with van der Waals surface area (Å²) in [5.41, 5.74) is 8.82. The lowest BCUT2D eigenvalue weighted by Gasteiger charge is -2.35. The zero-order valence-electron chi connectivity index (χ0n) is 30.7. The van der Waals surface area contributed by atoms with Crippen molar-refractivity contribution < 1.29 is 0 Å². The number of fused-ring (bicyclic) bond motifs is 6. The molecule has 0 bridgehead atoms. The van der Waals surface area contributed by atoms with Crippen molar-refractivity contribution in [2.24, 2.45) is 0 Å². The molecule has 1 atom stereocenters. The summed E-state index contributed by atoms with van der Waals surface area (Å²) in [6.07, 6.45) is 0. The van der Waals surface area contributed by atoms with Crippen molar-refractivity contribution in [2.75, 3.05) is 0 Å². The first-order chi connectivity index (χ1) is 27.6. The van der Waals surface area contributed by atoms with E-state index in [-0.39, 0.29) is 0 Å². The van der Waals surface area contributed by atoms with Gasteiger partial charge < -0.3 is 9.13 Å². The molecule has 0 radical (unpaired) electrons. The molecule has 8 aromatic carbocycles. The van der Waals surface area contributed by atoms with E-state index in [2.05, 4.69) is 204 Å². The fourth-order valence-electron chi connectivity index (χ4n) is 8.94. The number of nitriles is 2. The van der Waals surface area contributed by atoms with Gasteiger partial charge in [-0.05, 0) is 94.4 Å². The molecule has 4 nitrogen and oxygen atoms in total. The van der Waals surface area contributed by atoms with Crippen molar-refractivity contribution in [1.29, 1.82) is 10.5 Å². The Morgan fingerprint density at radius 3 is 1.32 bits per heavy atom. The Morgan fingerprint density at radius 1 is 0.375 bits per heavy atom. The highest BCUT2D eigenvalue weighted by atomic mass is 28.3. The summed E-state index contributed by atoms with van der Waals surface area (Å²) >= 11 is 0. The van der Waals surface area contributed by atoms with Crippen LogP contribution in [-0.2, 0) is 0 Å². The molecule has 1 unspecified atom stereocenters. The molecule has 0 saturated heterocycles. The quantitative estimate of drug-likeness (QED) is 0.127. The van der Waals surface area contributed by atoms with Gasteiger partial charge in [0.25, 0.3) is 0 Å². The SMILES string of the molecule is Cc1ccc2c(c1)c1ccccc1n2-c1ccc([Si](c2ccccc2)(c2ccc(-n3c4ccccc4c4ccccc43)cc2)c2ccc(C#N)c(C#N)c2)cc1. The number of hydrogen-bond donors (Lipinski definition) is 0. The maximum Gasteiger partial charge on any atom is 0.179 e. The number of aryl methyl sites for hydroxylation is 1. The van der Waals surface area contributed by atoms with Gasteiger partial charge in [0.1, 0.15) is 12.1 Å². The molecule has 0 N–H and O–H groups in total. The Labute approximate surface area is 326 Å². The van der Waals surface area contributed by atoms with Gasteiger partial charge in [0.15, 0.2) is 8.07 Å². The Bertz CT molecular complexity index is 3160. The Balaban J connectivity index is 1.22. The van der Waals surface area contributed by atoms with E-state index in [1.165, 1.54) is 53.7 Å². The van der Waals surface area contributed by atoms with Crippen LogP contribution in [0, 0.1) is 29.6 Å². The third-order valence-corrected chi connectivity index (χ3v) is 16.2. The maximum absolute atomic E-state index is 10.3. The van der Waals surface area contributed by atoms with Crippen LogP contribution in [0.4, 0.5) is 0 Å². The standard InChI is InChI=1S/C51H34N4Si/c1-35-19-30-51-47(31-35)46-15-7-10-18-50(46)55(51)39-23-28-42(29-24-39)56(40-11-3-2-4-12-40,43-25-20-36(33-52)37(32-43)34-53)41-26-21-38(22-27-41)54-48-16-8-5-13-44(48)45-14-6-9-17-49(45)54/h2-32H,1H3. The number of benzene rings is 8. The predicted molar refractivity (Wildman–Crippen MR) is 233 cm³/mol. The second kappa shape index (κ2) is 13.1. The Morgan fingerprint density at radius 2 is 0.804 bits per heavy atom. The predicted octanol–water partition coefficient (Wildman–Crippen LogP) is 9.31. The fourth-order valence-corrected chi connectivity index (χ4v) is 13.7. The van der Waals surface area contributed by atoms with Gasteiger partial charge in [-0.25, -0.2) is 0 Å². The van der Waals surface area contributed by atoms with Crippen LogP contribution < -0.4 is 20.7 Å². The number of para-hydroxylation sites is 3. The smallest absolute Gasteiger partial charge is 0.179 e. The van der Waals surface area contributed by atoms with Crippen LogP contribution in [0.25, 0.3) is 55.0 Å². The van der Waals surface area contributed by atoms with Crippen LogP contribution in [0.2, 0.25) is 0 Å². The van der Waals surface area contributed by atoms with Crippen molar-refractivity contribution in [3.63, 3.8) is 0 Å². The molecule has 0 aliphatic rings. The van der Waals surface area contributed by atoms with E-state index in [9.17, 15) is 10.5 Å². The minimum atomic E-state index is -3.10. The Kier molecular flexibility index (Phi) is 7.78. The molecular formula is C51H34N4Si. The summed E-state index contributed by atoms with van der Waals surface area (Å²) in [7, 11) is -3.10. The molecular weight excluding hydrogens is 697 g/mol. The summed E-state index contributed by atoms with van der Waals surface area (Å²) in [5.74, 6) is 0. The number of rotatable bonds is 6. The fraction of sp³-hybridized carbons (Fsp3) is 0.0196. The van der Waals surface area contributed by atoms with E-state index < -0.39 is 8.07 Å². The van der Waals surface area contributed by atoms with Crippen molar-refractivity contribution in [1.82, 2.24) is 9.13 Å². The van der Waals surface area contributed by atoms with E-state index in [4.69, 9.17) is 0 Å². The van der Waals surface area contributed by atoms with Gasteiger partial charge in [-0.15, -0.1) is 0 Å². The van der Waals surface area contributed by atoms with E-state index in [0.717, 1.165) is 27.6 Å². The summed E-state index contributed by atoms with van der Waals surface area (Å²) < 4.78 is 4.70. The normalized spacial score (nSPS) is 12.5. The van der Waals surface area contributed by atoms with E-state index >= 15 is 0 Å². The summed E-state index contributed by atoms with van der Waals surface area (Å²) in [4.78, 5) is 0. The highest BCUT2D eigenvalue weighted by molar-refractivity contribution is 7.19. The average Bonchev–Trinajstić information content (AvgIpc) is 3.77. The van der Waals surface area contributed by atoms with E-state index in [0.29, 0.717) is 11.1 Å². The molecule has 2 heterocycles. The van der Waals surface area contributed by atoms with Crippen LogP contribution >= 0.6 is 0 Å². The molecule has 0 amide bonds. The lowest BCUT2D eigenvalue weighted by atomic mass is 10.1. The first-order valence-electron chi connectivity index (χ1n) is 18.8. The first kappa shape index (κ1) is 33.1. The number of hydrogen-bond acceptors (Lipinski definition) is 2. The molecule has 56 heavy (non-hydrogen) atoms. The van der Waals surface area contributed by atoms with Crippen LogP contribution in [0.5, 0.6) is 0 Å². The molecule has 5 heteroatoms. The van der Waals surface area contributed by atoms with Gasteiger partial charge in [0, 0.05) is 32.9 Å². The van der Waals surface area contributed by atoms with Crippen LogP contribution in [0.1, 0.15) is 16.7 Å². The molecule has 2 aromatic heterocycles. The lowest BCUT2D eigenvalue weighted by molar-refractivity contribution is 1.18. The number of nitrogens with zero attached hydrogens (tertiary/aromatic N) is 4. The first-order valence-corrected chi connectivity index (χ1v) is 20.8. The molecule has 0 spiro atoms. The van der Waals surface area contributed by atoms with Gasteiger partial charge in [0.05, 0.1) is 33.2 Å². The third-order valence-electron chi connectivity index (χ3n) is 11.4. The van der Waals surface area contributed by atoms with E-state index in [1.807, 2.05) is 12.1 Å². The van der Waals surface area contributed by atoms with Gasteiger partial charge >= 0.3 is 0 Å². The average molecular weight is 731 g/mol. The molecule has 10 aromatic rings. The van der Waals surface area contributed by atoms with Crippen LogP contribution in [0.3, 0.4) is 0 Å². The van der Waals surface area contributed by atoms with Crippen LogP contribution in [-0.4, -0.2) is 17.2 Å². The molecule has 262 valence electrons. The van der Waals surface area contributed by atoms with Crippen molar-refractivity contribution in [2.45, 2.75) is 6.92 Å². The van der Waals surface area contributed by atoms with Crippen molar-refractivity contribution >= 4 is 72.4 Å². The monoisotopic (exact) mass is 730 g/mol. The Hall–Kier alpha value is -7.44. The second-order valence-corrected chi connectivity index (χ2v) is 18.2. The third kappa shape index (κ3) is 4.96. The van der Waals surface area contributed by atoms with Crippen molar-refractivity contribution in [3.05, 3.63) is 205 Å². The lowest BCUT2D eigenvalue weighted by Crippen LogP contribution is -2.74. The molecule has 0 fully saturated rings. The largest absolute Gasteiger partial charge is 0.309 e.